The molecule has 0 aromatic carbocycles. The number of ether oxygens (including phenoxy) is 6. The molecule has 0 N–H and O–H groups in total. The number of hydrogen-bond donors (Lipinski definition) is 0. The summed E-state index contributed by atoms with van der Waals surface area (Å²) in [5, 5.41) is 14.0. The largest absolute Gasteiger partial charge is 3.00 e. The van der Waals surface area contributed by atoms with E-state index in [1.54, 1.807) is 12.2 Å². The molecule has 0 saturated carbocycles. The van der Waals surface area contributed by atoms with Gasteiger partial charge in [-0.2, -0.15) is 0 Å². The predicted octanol–water partition coefficient (Wildman–Crippen LogP) is 0.0928. The van der Waals surface area contributed by atoms with Crippen molar-refractivity contribution in [2.45, 2.75) is 41.5 Å². The van der Waals surface area contributed by atoms with Crippen LogP contribution in [0.15, 0.2) is 29.3 Å². The van der Waals surface area contributed by atoms with Crippen molar-refractivity contribution in [3.63, 3.8) is 0 Å². The summed E-state index contributed by atoms with van der Waals surface area (Å²) in [5.41, 5.74) is 0.0287. The van der Waals surface area contributed by atoms with Crippen LogP contribution in [0.3, 0.4) is 0 Å². The van der Waals surface area contributed by atoms with Crippen molar-refractivity contribution in [3.8, 4) is 0 Å². The van der Waals surface area contributed by atoms with Crippen LogP contribution < -0.4 is 0 Å². The maximum atomic E-state index is 13.0. The van der Waals surface area contributed by atoms with E-state index in [-0.39, 0.29) is 27.2 Å². The third kappa shape index (κ3) is 9.84. The number of methoxy groups -OCH3 is 6. The van der Waals surface area contributed by atoms with Gasteiger partial charge in [0.15, 0.2) is 11.9 Å². The van der Waals surface area contributed by atoms with Gasteiger partial charge in [-0.15, -0.1) is 23.3 Å². The topological polar surface area (TPSA) is 228 Å². The summed E-state index contributed by atoms with van der Waals surface area (Å²) in [6.45, 7) is 12.2. The maximum Gasteiger partial charge on any atom is 3.00 e. The van der Waals surface area contributed by atoms with Gasteiger partial charge in [-0.25, -0.2) is 20.1 Å². The minimum Gasteiger partial charge on any atom is -0.550 e. The number of nitrogens with zero attached hydrogens (tertiary/aromatic N) is 6. The molecule has 0 aliphatic carbocycles. The van der Waals surface area contributed by atoms with Crippen LogP contribution in [0.1, 0.15) is 34.2 Å². The van der Waals surface area contributed by atoms with E-state index >= 15 is 0 Å². The van der Waals surface area contributed by atoms with Crippen molar-refractivity contribution in [2.75, 3.05) is 42.7 Å². The van der Waals surface area contributed by atoms with E-state index in [1.807, 2.05) is 34.5 Å². The van der Waals surface area contributed by atoms with Crippen molar-refractivity contribution in [1.29, 1.82) is 0 Å². The summed E-state index contributed by atoms with van der Waals surface area (Å²) in [6.07, 6.45) is 3.43. The molecule has 0 unspecified atom stereocenters. The fourth-order valence-electron chi connectivity index (χ4n) is 5.10. The molecule has 1 radical (unpaired) electrons. The summed E-state index contributed by atoms with van der Waals surface area (Å²) in [4.78, 5) is 86.6. The molecule has 0 spiro atoms. The first-order valence-corrected chi connectivity index (χ1v) is 15.3. The Morgan fingerprint density at radius 3 is 1.07 bits per heavy atom. The first-order valence-electron chi connectivity index (χ1n) is 15.3. The van der Waals surface area contributed by atoms with Crippen molar-refractivity contribution >= 4 is 48.7 Å². The maximum absolute atomic E-state index is 13.0. The molecule has 21 heteroatoms. The van der Waals surface area contributed by atoms with Gasteiger partial charge in [-0.1, -0.05) is 0 Å². The van der Waals surface area contributed by atoms with Crippen LogP contribution in [0.2, 0.25) is 0 Å². The average molecular weight is 931 g/mol. The van der Waals surface area contributed by atoms with E-state index in [0.717, 1.165) is 69.7 Å². The summed E-state index contributed by atoms with van der Waals surface area (Å²) in [5.74, 6) is -11.6. The number of esters is 6. The zero-order valence-electron chi connectivity index (χ0n) is 31.6. The van der Waals surface area contributed by atoms with E-state index in [9.17, 15) is 33.6 Å². The molecule has 0 fully saturated rings. The second-order valence-electron chi connectivity index (χ2n) is 11.0. The van der Waals surface area contributed by atoms with Gasteiger partial charge in [-0.3, -0.25) is 19.2 Å². The van der Waals surface area contributed by atoms with Gasteiger partial charge in [0.2, 0.25) is 11.9 Å². The van der Waals surface area contributed by atoms with Crippen molar-refractivity contribution in [1.82, 2.24) is 29.1 Å². The number of Topliss-reactive ketones (excluding diaryl/α,β-unsaturated/α-hetero) is 1. The zero-order valence-corrected chi connectivity index (χ0v) is 34.0. The van der Waals surface area contributed by atoms with Crippen LogP contribution in [0.5, 0.6) is 0 Å². The number of hydrogen-bond acceptors (Lipinski definition) is 16. The Morgan fingerprint density at radius 2 is 0.852 bits per heavy atom. The van der Waals surface area contributed by atoms with Crippen LogP contribution >= 0.6 is 0 Å². The summed E-state index contributed by atoms with van der Waals surface area (Å²) in [7, 11) is 4.47. The van der Waals surface area contributed by atoms with Gasteiger partial charge in [0.1, 0.15) is 5.41 Å². The summed E-state index contributed by atoms with van der Waals surface area (Å²) < 4.78 is 32.3. The molecular formula is C33H39BIrN6O13. The fraction of sp³-hybridized carbons (Fsp3) is 0.394. The van der Waals surface area contributed by atoms with Gasteiger partial charge >= 0.3 is 32.0 Å². The molecule has 3 aromatic rings. The summed E-state index contributed by atoms with van der Waals surface area (Å²) >= 11 is 0. The van der Waals surface area contributed by atoms with Crippen LogP contribution in [-0.2, 0) is 82.1 Å². The molecule has 0 bridgehead atoms. The second kappa shape index (κ2) is 20.0. The molecule has 291 valence electrons. The van der Waals surface area contributed by atoms with E-state index in [4.69, 9.17) is 0 Å². The fourth-order valence-corrected chi connectivity index (χ4v) is 5.10. The third-order valence-corrected chi connectivity index (χ3v) is 7.35. The number of ketones is 1. The number of aryl methyl sites for hydroxylation is 6. The molecule has 0 saturated heterocycles. The Labute approximate surface area is 324 Å². The van der Waals surface area contributed by atoms with Gasteiger partial charge in [0, 0.05) is 0 Å². The van der Waals surface area contributed by atoms with E-state index < -0.39 is 58.2 Å². The molecule has 54 heavy (non-hydrogen) atoms. The first kappa shape index (κ1) is 46.3. The monoisotopic (exact) mass is 931 g/mol. The van der Waals surface area contributed by atoms with Gasteiger partial charge in [-0.05, 0) is 76.8 Å². The smallest absolute Gasteiger partial charge is 0.550 e. The number of carbonyl (C=O) groups excluding carboxylic acids is 7. The molecule has 3 aromatic heterocycles. The SMILES string of the molecule is COC(=O)[C-]=C(C(=O)OC)C(C(=O)OC)(C(=O)C(=O)OC)C(=[C-]C(=O)OC)C(=O)OC.Cc1cc(C)n([B-](n2nc(C)cc2C)n2nc(C)cc2C)n1.[Ir+3]. The zero-order chi connectivity index (χ0) is 40.4. The number of carbonyl (C=O) groups is 7. The van der Waals surface area contributed by atoms with Crippen LogP contribution in [0, 0.1) is 59.1 Å². The number of rotatable bonds is 12. The normalized spacial score (nSPS) is 12.2. The molecule has 3 rings (SSSR count). The molecule has 3 heterocycles. The Morgan fingerprint density at radius 1 is 0.537 bits per heavy atom. The second-order valence-corrected chi connectivity index (χ2v) is 11.0. The average Bonchev–Trinajstić information content (AvgIpc) is 3.78. The van der Waals surface area contributed by atoms with Crippen LogP contribution in [0.25, 0.3) is 0 Å². The van der Waals surface area contributed by atoms with Gasteiger partial charge in [0.25, 0.3) is 12.9 Å². The van der Waals surface area contributed by atoms with E-state index in [1.165, 1.54) is 0 Å². The van der Waals surface area contributed by atoms with Crippen molar-refractivity contribution < 1.29 is 82.1 Å². The van der Waals surface area contributed by atoms with Crippen LogP contribution in [-0.4, -0.2) is 120 Å². The minimum absolute atomic E-state index is 0. The predicted molar refractivity (Wildman–Crippen MR) is 180 cm³/mol. The van der Waals surface area contributed by atoms with E-state index in [0.29, 0.717) is 7.11 Å². The molecule has 0 atom stereocenters. The van der Waals surface area contributed by atoms with Crippen molar-refractivity contribution in [3.05, 3.63) is 75.7 Å². The van der Waals surface area contributed by atoms with Crippen LogP contribution in [0.4, 0.5) is 0 Å². The Hall–Kier alpha value is -5.69. The minimum atomic E-state index is -3.48. The molecular weight excluding hydrogens is 891 g/mol. The third-order valence-electron chi connectivity index (χ3n) is 7.35. The first-order chi connectivity index (χ1) is 24.9. The molecule has 0 aliphatic rings. The van der Waals surface area contributed by atoms with E-state index in [2.05, 4.69) is 82.7 Å². The number of aromatic nitrogens is 6. The standard InChI is InChI=1S/C18H18O13.C15H21BN6.Ir/c1-26-11(19)7-9(14(22)28-3)18(17(25)31-6,13(21)16(24)30-5)10(15(23)29-4)8-12(20)27-2;1-10-7-13(4)20(17-10)16(21-14(5)8-11(2)18-21)22-15(6)9-12(3)19-22;/h1-6H3;7-9H,1-6H3;/q-2;-1;+3. The molecule has 0 amide bonds. The Balaban J connectivity index is 0.000000555. The van der Waals surface area contributed by atoms with Crippen molar-refractivity contribution in [2.24, 2.45) is 5.41 Å². The Bertz CT molecular complexity index is 1820. The molecule has 19 nitrogen and oxygen atoms in total. The van der Waals surface area contributed by atoms with Gasteiger partial charge < -0.3 is 51.8 Å². The quantitative estimate of drug-likeness (QED) is 0.0446. The van der Waals surface area contributed by atoms with Gasteiger partial charge in [0.05, 0.1) is 59.7 Å². The Kier molecular flexibility index (Phi) is 17.1. The summed E-state index contributed by atoms with van der Waals surface area (Å²) in [6, 6.07) is 6.22. The molecule has 0 aliphatic heterocycles.